The van der Waals surface area contributed by atoms with Gasteiger partial charge in [-0.25, -0.2) is 0 Å². The van der Waals surface area contributed by atoms with Crippen LogP contribution in [0, 0.1) is 6.92 Å². The van der Waals surface area contributed by atoms with E-state index in [2.05, 4.69) is 23.7 Å². The van der Waals surface area contributed by atoms with E-state index in [-0.39, 0.29) is 12.4 Å². The second-order valence-corrected chi connectivity index (χ2v) is 4.18. The molecule has 1 heterocycles. The molecule has 1 N–H and O–H groups in total. The molecule has 2 rings (SSSR count). The zero-order valence-corrected chi connectivity index (χ0v) is 8.71. The van der Waals surface area contributed by atoms with Gasteiger partial charge in [-0.15, -0.1) is 11.3 Å². The minimum Gasteiger partial charge on any atom is -1.00 e. The lowest BCUT2D eigenvalue weighted by atomic mass is 10.3. The second kappa shape index (κ2) is 4.26. The number of rotatable bonds is 3. The van der Waals surface area contributed by atoms with E-state index in [0.717, 1.165) is 12.6 Å². The van der Waals surface area contributed by atoms with Gasteiger partial charge in [-0.2, -0.15) is 0 Å². The Morgan fingerprint density at radius 1 is 1.58 bits per heavy atom. The van der Waals surface area contributed by atoms with Gasteiger partial charge in [0, 0.05) is 17.5 Å². The fraction of sp³-hybridized carbons (Fsp3) is 0.556. The van der Waals surface area contributed by atoms with Crippen LogP contribution in [0.25, 0.3) is 0 Å². The molecule has 3 heteroatoms. The van der Waals surface area contributed by atoms with Crippen LogP contribution in [-0.2, 0) is 6.54 Å². The van der Waals surface area contributed by atoms with Crippen molar-refractivity contribution in [3.63, 3.8) is 0 Å². The molecule has 0 spiro atoms. The highest BCUT2D eigenvalue weighted by Crippen LogP contribution is 2.21. The van der Waals surface area contributed by atoms with Crippen molar-refractivity contribution in [1.29, 1.82) is 0 Å². The maximum atomic E-state index is 3.51. The Morgan fingerprint density at radius 3 is 2.83 bits per heavy atom. The van der Waals surface area contributed by atoms with Crippen LogP contribution < -0.4 is 17.7 Å². The quantitative estimate of drug-likeness (QED) is 0.685. The Kier molecular flexibility index (Phi) is 3.56. The summed E-state index contributed by atoms with van der Waals surface area (Å²) in [6, 6.07) is 3.02. The summed E-state index contributed by atoms with van der Waals surface area (Å²) in [7, 11) is 0. The lowest BCUT2D eigenvalue weighted by molar-refractivity contribution is -0.00000231. The van der Waals surface area contributed by atoms with Gasteiger partial charge in [0.1, 0.15) is 0 Å². The average Bonchev–Trinajstić information content (AvgIpc) is 2.73. The first-order chi connectivity index (χ1) is 5.36. The van der Waals surface area contributed by atoms with Crippen LogP contribution in [0.5, 0.6) is 0 Å². The van der Waals surface area contributed by atoms with E-state index in [1.165, 1.54) is 23.3 Å². The zero-order chi connectivity index (χ0) is 7.68. The van der Waals surface area contributed by atoms with Gasteiger partial charge in [0.25, 0.3) is 0 Å². The van der Waals surface area contributed by atoms with Gasteiger partial charge in [-0.05, 0) is 36.8 Å². The highest BCUT2D eigenvalue weighted by Gasteiger charge is 2.20. The molecule has 1 fully saturated rings. The molecule has 0 bridgehead atoms. The van der Waals surface area contributed by atoms with E-state index in [0.29, 0.717) is 0 Å². The van der Waals surface area contributed by atoms with Crippen molar-refractivity contribution in [2.75, 3.05) is 0 Å². The summed E-state index contributed by atoms with van der Waals surface area (Å²) < 4.78 is 0. The van der Waals surface area contributed by atoms with Gasteiger partial charge >= 0.3 is 0 Å². The maximum Gasteiger partial charge on any atom is 0.0304 e. The third-order valence-electron chi connectivity index (χ3n) is 2.10. The monoisotopic (exact) mass is 202 g/mol. The van der Waals surface area contributed by atoms with Crippen molar-refractivity contribution in [1.82, 2.24) is 5.32 Å². The van der Waals surface area contributed by atoms with Gasteiger partial charge < -0.3 is 17.7 Å². The molecule has 0 unspecified atom stereocenters. The largest absolute Gasteiger partial charge is 1.00 e. The van der Waals surface area contributed by atoms with Gasteiger partial charge in [0.05, 0.1) is 0 Å². The molecule has 68 valence electrons. The predicted octanol–water partition coefficient (Wildman–Crippen LogP) is -0.687. The number of nitrogens with one attached hydrogen (secondary N) is 1. The number of hydrogen-bond acceptors (Lipinski definition) is 2. The van der Waals surface area contributed by atoms with Crippen LogP contribution in [0.1, 0.15) is 23.3 Å². The van der Waals surface area contributed by atoms with Crippen LogP contribution >= 0.6 is 11.3 Å². The van der Waals surface area contributed by atoms with Gasteiger partial charge in [0.15, 0.2) is 0 Å². The summed E-state index contributed by atoms with van der Waals surface area (Å²) >= 11 is 1.86. The fourth-order valence-corrected chi connectivity index (χ4v) is 1.97. The Labute approximate surface area is 83.6 Å². The molecule has 0 saturated heterocycles. The predicted molar refractivity (Wildman–Crippen MR) is 48.9 cm³/mol. The highest BCUT2D eigenvalue weighted by atomic mass is 35.5. The first-order valence-corrected chi connectivity index (χ1v) is 5.00. The first-order valence-electron chi connectivity index (χ1n) is 4.12. The molecule has 0 amide bonds. The molecule has 1 aliphatic rings. The number of thiophene rings is 1. The summed E-state index contributed by atoms with van der Waals surface area (Å²) in [4.78, 5) is 1.50. The SMILES string of the molecule is Cc1ccsc1CNC1CC1.[Cl-]. The third kappa shape index (κ3) is 2.47. The molecule has 1 aliphatic carbocycles. The van der Waals surface area contributed by atoms with Crippen LogP contribution in [0.4, 0.5) is 0 Å². The summed E-state index contributed by atoms with van der Waals surface area (Å²) in [6.07, 6.45) is 2.76. The summed E-state index contributed by atoms with van der Waals surface area (Å²) in [5.41, 5.74) is 1.43. The Hall–Kier alpha value is -0.0500. The maximum absolute atomic E-state index is 3.51. The zero-order valence-electron chi connectivity index (χ0n) is 7.14. The van der Waals surface area contributed by atoms with Crippen molar-refractivity contribution in [3.05, 3.63) is 21.9 Å². The topological polar surface area (TPSA) is 12.0 Å². The Morgan fingerprint density at radius 2 is 2.33 bits per heavy atom. The molecule has 12 heavy (non-hydrogen) atoms. The summed E-state index contributed by atoms with van der Waals surface area (Å²) in [6.45, 7) is 3.26. The Balaban J connectivity index is 0.000000720. The fourth-order valence-electron chi connectivity index (χ4n) is 1.11. The lowest BCUT2D eigenvalue weighted by Crippen LogP contribution is -3.00. The number of hydrogen-bond donors (Lipinski definition) is 1. The van der Waals surface area contributed by atoms with Crippen molar-refractivity contribution in [3.8, 4) is 0 Å². The molecule has 0 aliphatic heterocycles. The van der Waals surface area contributed by atoms with Crippen molar-refractivity contribution in [2.24, 2.45) is 0 Å². The smallest absolute Gasteiger partial charge is 0.0304 e. The molecule has 1 aromatic heterocycles. The first kappa shape index (κ1) is 10.0. The number of halogens is 1. The van der Waals surface area contributed by atoms with E-state index in [9.17, 15) is 0 Å². The lowest BCUT2D eigenvalue weighted by Gasteiger charge is -2.00. The molecular formula is C9H13ClNS-. The molecule has 0 atom stereocenters. The minimum absolute atomic E-state index is 0. The molecular weight excluding hydrogens is 190 g/mol. The van der Waals surface area contributed by atoms with E-state index in [1.54, 1.807) is 0 Å². The van der Waals surface area contributed by atoms with E-state index < -0.39 is 0 Å². The summed E-state index contributed by atoms with van der Waals surface area (Å²) in [5.74, 6) is 0. The van der Waals surface area contributed by atoms with E-state index in [4.69, 9.17) is 0 Å². The third-order valence-corrected chi connectivity index (χ3v) is 3.12. The van der Waals surface area contributed by atoms with Gasteiger partial charge in [-0.1, -0.05) is 0 Å². The van der Waals surface area contributed by atoms with Crippen LogP contribution in [0.3, 0.4) is 0 Å². The number of aryl methyl sites for hydroxylation is 1. The molecule has 0 radical (unpaired) electrons. The normalized spacial score (nSPS) is 15.8. The standard InChI is InChI=1S/C9H13NS.ClH/c1-7-4-5-11-9(7)6-10-8-2-3-8;/h4-5,8,10H,2-3,6H2,1H3;1H/p-1. The summed E-state index contributed by atoms with van der Waals surface area (Å²) in [5, 5.41) is 5.68. The Bertz CT molecular complexity index is 242. The van der Waals surface area contributed by atoms with E-state index >= 15 is 0 Å². The molecule has 0 aromatic carbocycles. The average molecular weight is 203 g/mol. The van der Waals surface area contributed by atoms with Crippen molar-refractivity contribution in [2.45, 2.75) is 32.4 Å². The molecule has 1 aromatic rings. The second-order valence-electron chi connectivity index (χ2n) is 3.18. The highest BCUT2D eigenvalue weighted by molar-refractivity contribution is 7.10. The van der Waals surface area contributed by atoms with Gasteiger partial charge in [-0.3, -0.25) is 0 Å². The molecule has 1 saturated carbocycles. The van der Waals surface area contributed by atoms with Crippen molar-refractivity contribution < 1.29 is 12.4 Å². The van der Waals surface area contributed by atoms with Crippen LogP contribution in [0.15, 0.2) is 11.4 Å². The minimum atomic E-state index is 0. The van der Waals surface area contributed by atoms with Crippen LogP contribution in [0.2, 0.25) is 0 Å². The molecule has 1 nitrogen and oxygen atoms in total. The van der Waals surface area contributed by atoms with Gasteiger partial charge in [0.2, 0.25) is 0 Å². The van der Waals surface area contributed by atoms with Crippen molar-refractivity contribution >= 4 is 11.3 Å². The van der Waals surface area contributed by atoms with Crippen LogP contribution in [-0.4, -0.2) is 6.04 Å². The van der Waals surface area contributed by atoms with E-state index in [1.807, 2.05) is 11.3 Å².